The molecule has 4 unspecified atom stereocenters. The van der Waals surface area contributed by atoms with Crippen LogP contribution in [0.5, 0.6) is 0 Å². The number of halogens is 1. The number of carbonyl (C=O) groups is 1. The van der Waals surface area contributed by atoms with Gasteiger partial charge in [-0.15, -0.1) is 6.58 Å². The standard InChI is InChI=1S/C19H24BrNO4S/c1-2-3-4-5-19(22)25-18-12-13-10-16(18)17(11-13)21-26(23,24)15-8-6-14(20)7-9-15/h2,6-9,13,16-18,21H,1,3-5,10-12H2. The van der Waals surface area contributed by atoms with Gasteiger partial charge in [-0.25, -0.2) is 13.1 Å². The fourth-order valence-electron chi connectivity index (χ4n) is 4.06. The number of ether oxygens (including phenoxy) is 1. The number of hydrogen-bond donors (Lipinski definition) is 1. The first-order chi connectivity index (χ1) is 12.4. The van der Waals surface area contributed by atoms with E-state index in [0.29, 0.717) is 12.3 Å². The zero-order valence-electron chi connectivity index (χ0n) is 14.6. The maximum absolute atomic E-state index is 12.6. The number of nitrogens with one attached hydrogen (secondary N) is 1. The molecule has 0 aromatic heterocycles. The van der Waals surface area contributed by atoms with Gasteiger partial charge in [0.05, 0.1) is 4.90 Å². The van der Waals surface area contributed by atoms with E-state index in [1.165, 1.54) is 0 Å². The molecular weight excluding hydrogens is 418 g/mol. The summed E-state index contributed by atoms with van der Waals surface area (Å²) >= 11 is 3.31. The lowest BCUT2D eigenvalue weighted by Crippen LogP contribution is -2.44. The molecule has 1 aromatic rings. The van der Waals surface area contributed by atoms with Crippen LogP contribution in [0.3, 0.4) is 0 Å². The molecule has 142 valence electrons. The van der Waals surface area contributed by atoms with Gasteiger partial charge in [0.1, 0.15) is 6.10 Å². The third-order valence-electron chi connectivity index (χ3n) is 5.26. The summed E-state index contributed by atoms with van der Waals surface area (Å²) in [5.74, 6) is 0.288. The van der Waals surface area contributed by atoms with Crippen LogP contribution in [0.4, 0.5) is 0 Å². The van der Waals surface area contributed by atoms with Crippen molar-refractivity contribution >= 4 is 31.9 Å². The molecular formula is C19H24BrNO4S. The average molecular weight is 442 g/mol. The number of benzene rings is 1. The van der Waals surface area contributed by atoms with Crippen molar-refractivity contribution in [3.05, 3.63) is 41.4 Å². The molecule has 5 nitrogen and oxygen atoms in total. The molecule has 0 aliphatic heterocycles. The van der Waals surface area contributed by atoms with Gasteiger partial charge in [-0.05, 0) is 62.3 Å². The third-order valence-corrected chi connectivity index (χ3v) is 7.29. The number of fused-ring (bicyclic) bond motifs is 2. The van der Waals surface area contributed by atoms with Crippen molar-refractivity contribution < 1.29 is 17.9 Å². The lowest BCUT2D eigenvalue weighted by atomic mass is 9.93. The van der Waals surface area contributed by atoms with Gasteiger partial charge in [0, 0.05) is 22.9 Å². The summed E-state index contributed by atoms with van der Waals surface area (Å²) < 4.78 is 34.6. The second-order valence-corrected chi connectivity index (χ2v) is 9.76. The van der Waals surface area contributed by atoms with Crippen LogP contribution in [-0.2, 0) is 19.6 Å². The summed E-state index contributed by atoms with van der Waals surface area (Å²) in [5, 5.41) is 0. The van der Waals surface area contributed by atoms with E-state index >= 15 is 0 Å². The van der Waals surface area contributed by atoms with Crippen molar-refractivity contribution in [1.29, 1.82) is 0 Å². The number of esters is 1. The van der Waals surface area contributed by atoms with E-state index in [-0.39, 0.29) is 28.9 Å². The number of sulfonamides is 1. The molecule has 1 N–H and O–H groups in total. The molecule has 2 fully saturated rings. The quantitative estimate of drug-likeness (QED) is 0.378. The molecule has 2 aliphatic rings. The Morgan fingerprint density at radius 1 is 1.27 bits per heavy atom. The van der Waals surface area contributed by atoms with E-state index in [4.69, 9.17) is 4.74 Å². The van der Waals surface area contributed by atoms with Crippen molar-refractivity contribution in [3.63, 3.8) is 0 Å². The van der Waals surface area contributed by atoms with Gasteiger partial charge < -0.3 is 4.74 Å². The first-order valence-electron chi connectivity index (χ1n) is 8.97. The summed E-state index contributed by atoms with van der Waals surface area (Å²) in [6.07, 6.45) is 6.09. The van der Waals surface area contributed by atoms with Gasteiger partial charge in [-0.1, -0.05) is 22.0 Å². The topological polar surface area (TPSA) is 72.5 Å². The van der Waals surface area contributed by atoms with Crippen LogP contribution < -0.4 is 4.72 Å². The fraction of sp³-hybridized carbons (Fsp3) is 0.526. The Labute approximate surface area is 163 Å². The maximum atomic E-state index is 12.6. The molecule has 2 bridgehead atoms. The number of rotatable bonds is 8. The van der Waals surface area contributed by atoms with Crippen LogP contribution in [0.1, 0.15) is 38.5 Å². The van der Waals surface area contributed by atoms with Crippen LogP contribution in [-0.4, -0.2) is 26.5 Å². The molecule has 0 radical (unpaired) electrons. The van der Waals surface area contributed by atoms with Crippen molar-refractivity contribution in [1.82, 2.24) is 4.72 Å². The van der Waals surface area contributed by atoms with Gasteiger partial charge in [-0.3, -0.25) is 4.79 Å². The lowest BCUT2D eigenvalue weighted by Gasteiger charge is -2.29. The smallest absolute Gasteiger partial charge is 0.306 e. The van der Waals surface area contributed by atoms with E-state index in [2.05, 4.69) is 27.2 Å². The zero-order chi connectivity index (χ0) is 18.7. The summed E-state index contributed by atoms with van der Waals surface area (Å²) in [6, 6.07) is 6.41. The Balaban J connectivity index is 1.60. The molecule has 0 amide bonds. The van der Waals surface area contributed by atoms with Gasteiger partial charge in [0.25, 0.3) is 0 Å². The second kappa shape index (κ2) is 8.23. The van der Waals surface area contributed by atoms with Gasteiger partial charge in [0.2, 0.25) is 10.0 Å². The molecule has 26 heavy (non-hydrogen) atoms. The van der Waals surface area contributed by atoms with Gasteiger partial charge in [0.15, 0.2) is 0 Å². The van der Waals surface area contributed by atoms with Crippen molar-refractivity contribution in [2.24, 2.45) is 11.8 Å². The highest BCUT2D eigenvalue weighted by atomic mass is 79.9. The molecule has 7 heteroatoms. The summed E-state index contributed by atoms with van der Waals surface area (Å²) in [5.41, 5.74) is 0. The normalized spacial score (nSPS) is 27.4. The summed E-state index contributed by atoms with van der Waals surface area (Å²) in [7, 11) is -3.57. The lowest BCUT2D eigenvalue weighted by molar-refractivity contribution is -0.152. The average Bonchev–Trinajstić information content (AvgIpc) is 3.14. The molecule has 0 saturated heterocycles. The van der Waals surface area contributed by atoms with Crippen LogP contribution in [0.25, 0.3) is 0 Å². The Morgan fingerprint density at radius 3 is 2.65 bits per heavy atom. The van der Waals surface area contributed by atoms with Crippen LogP contribution >= 0.6 is 15.9 Å². The van der Waals surface area contributed by atoms with Crippen molar-refractivity contribution in [2.45, 2.75) is 55.6 Å². The van der Waals surface area contributed by atoms with E-state index in [1.54, 1.807) is 30.3 Å². The minimum atomic E-state index is -3.57. The summed E-state index contributed by atoms with van der Waals surface area (Å²) in [6.45, 7) is 3.65. The number of allylic oxidation sites excluding steroid dienone is 1. The first kappa shape index (κ1) is 19.6. The minimum Gasteiger partial charge on any atom is -0.462 e. The highest BCUT2D eigenvalue weighted by Gasteiger charge is 2.49. The number of carbonyl (C=O) groups excluding carboxylic acids is 1. The Kier molecular flexibility index (Phi) is 6.20. The largest absolute Gasteiger partial charge is 0.462 e. The Bertz CT molecular complexity index is 762. The predicted octanol–water partition coefficient (Wildman–Crippen LogP) is 3.79. The van der Waals surface area contributed by atoms with Crippen LogP contribution in [0, 0.1) is 11.8 Å². The second-order valence-electron chi connectivity index (χ2n) is 7.13. The van der Waals surface area contributed by atoms with E-state index < -0.39 is 10.0 Å². The first-order valence-corrected chi connectivity index (χ1v) is 11.2. The fourth-order valence-corrected chi connectivity index (χ4v) is 5.62. The molecule has 3 rings (SSSR count). The number of unbranched alkanes of at least 4 members (excludes halogenated alkanes) is 1. The molecule has 0 spiro atoms. The number of hydrogen-bond acceptors (Lipinski definition) is 4. The Morgan fingerprint density at radius 2 is 2.00 bits per heavy atom. The van der Waals surface area contributed by atoms with Crippen molar-refractivity contribution in [3.8, 4) is 0 Å². The van der Waals surface area contributed by atoms with Crippen molar-refractivity contribution in [2.75, 3.05) is 0 Å². The monoisotopic (exact) mass is 441 g/mol. The predicted molar refractivity (Wildman–Crippen MR) is 103 cm³/mol. The molecule has 1 aromatic carbocycles. The molecule has 2 aliphatic carbocycles. The van der Waals surface area contributed by atoms with Crippen LogP contribution in [0.2, 0.25) is 0 Å². The SMILES string of the molecule is C=CCCCC(=O)OC1CC2CC(NS(=O)(=O)c3ccc(Br)cc3)C1C2. The Hall–Kier alpha value is -1.18. The van der Waals surface area contributed by atoms with E-state index in [1.807, 2.05) is 0 Å². The third kappa shape index (κ3) is 4.56. The minimum absolute atomic E-state index is 0.0635. The summed E-state index contributed by atoms with van der Waals surface area (Å²) in [4.78, 5) is 12.2. The molecule has 4 atom stereocenters. The van der Waals surface area contributed by atoms with Gasteiger partial charge >= 0.3 is 5.97 Å². The molecule has 2 saturated carbocycles. The zero-order valence-corrected chi connectivity index (χ0v) is 17.0. The van der Waals surface area contributed by atoms with E-state index in [0.717, 1.165) is 36.6 Å². The van der Waals surface area contributed by atoms with Gasteiger partial charge in [-0.2, -0.15) is 0 Å². The molecule has 0 heterocycles. The van der Waals surface area contributed by atoms with Crippen LogP contribution in [0.15, 0.2) is 46.3 Å². The van der Waals surface area contributed by atoms with E-state index in [9.17, 15) is 13.2 Å². The highest BCUT2D eigenvalue weighted by molar-refractivity contribution is 9.10. The highest BCUT2D eigenvalue weighted by Crippen LogP contribution is 2.46. The maximum Gasteiger partial charge on any atom is 0.306 e.